The van der Waals surface area contributed by atoms with Gasteiger partial charge in [-0.25, -0.2) is 0 Å². The molecule has 0 aromatic heterocycles. The standard InChI is InChI=1S/C10H12BrCl2NO/c1-2-7(15)5-14-10-8(12)3-6(11)4-9(10)13/h3-4,7,14-15H,2,5H2,1H3. The maximum absolute atomic E-state index is 9.40. The largest absolute Gasteiger partial charge is 0.391 e. The molecule has 0 heterocycles. The molecule has 1 rings (SSSR count). The summed E-state index contributed by atoms with van der Waals surface area (Å²) in [7, 11) is 0. The van der Waals surface area contributed by atoms with E-state index in [0.29, 0.717) is 28.7 Å². The zero-order chi connectivity index (χ0) is 11.4. The summed E-state index contributed by atoms with van der Waals surface area (Å²) >= 11 is 15.3. The lowest BCUT2D eigenvalue weighted by Gasteiger charge is -2.13. The zero-order valence-electron chi connectivity index (χ0n) is 8.23. The van der Waals surface area contributed by atoms with Crippen LogP contribution in [0.3, 0.4) is 0 Å². The molecule has 1 unspecified atom stereocenters. The van der Waals surface area contributed by atoms with Crippen LogP contribution in [0.25, 0.3) is 0 Å². The molecule has 2 N–H and O–H groups in total. The van der Waals surface area contributed by atoms with Crippen LogP contribution < -0.4 is 5.32 Å². The van der Waals surface area contributed by atoms with Crippen molar-refractivity contribution in [3.8, 4) is 0 Å². The molecule has 0 amide bonds. The van der Waals surface area contributed by atoms with E-state index in [4.69, 9.17) is 23.2 Å². The van der Waals surface area contributed by atoms with Gasteiger partial charge < -0.3 is 10.4 Å². The molecule has 0 aliphatic heterocycles. The van der Waals surface area contributed by atoms with Crippen molar-refractivity contribution in [3.63, 3.8) is 0 Å². The summed E-state index contributed by atoms with van der Waals surface area (Å²) in [5, 5.41) is 13.5. The highest BCUT2D eigenvalue weighted by Crippen LogP contribution is 2.33. The maximum Gasteiger partial charge on any atom is 0.0720 e. The van der Waals surface area contributed by atoms with Crippen molar-refractivity contribution in [1.29, 1.82) is 0 Å². The van der Waals surface area contributed by atoms with Gasteiger partial charge in [-0.3, -0.25) is 0 Å². The molecule has 15 heavy (non-hydrogen) atoms. The van der Waals surface area contributed by atoms with Gasteiger partial charge in [0.05, 0.1) is 21.8 Å². The predicted octanol–water partition coefficient (Wildman–Crippen LogP) is 3.94. The molecule has 0 bridgehead atoms. The fourth-order valence-electron chi connectivity index (χ4n) is 1.08. The number of nitrogens with one attached hydrogen (secondary N) is 1. The first-order valence-electron chi connectivity index (χ1n) is 4.61. The van der Waals surface area contributed by atoms with Gasteiger partial charge in [-0.05, 0) is 18.6 Å². The smallest absolute Gasteiger partial charge is 0.0720 e. The molecule has 1 aromatic rings. The molecule has 2 nitrogen and oxygen atoms in total. The van der Waals surface area contributed by atoms with Crippen molar-refractivity contribution in [1.82, 2.24) is 0 Å². The van der Waals surface area contributed by atoms with Crippen molar-refractivity contribution in [2.45, 2.75) is 19.4 Å². The molecule has 0 saturated carbocycles. The Balaban J connectivity index is 2.77. The van der Waals surface area contributed by atoms with Crippen molar-refractivity contribution < 1.29 is 5.11 Å². The number of hydrogen-bond acceptors (Lipinski definition) is 2. The first-order valence-corrected chi connectivity index (χ1v) is 6.16. The third-order valence-electron chi connectivity index (χ3n) is 1.99. The second-order valence-corrected chi connectivity index (χ2v) is 4.92. The van der Waals surface area contributed by atoms with Crippen LogP contribution in [0.1, 0.15) is 13.3 Å². The third-order valence-corrected chi connectivity index (χ3v) is 3.05. The van der Waals surface area contributed by atoms with Crippen LogP contribution in [-0.2, 0) is 0 Å². The number of rotatable bonds is 4. The molecule has 1 aromatic carbocycles. The highest BCUT2D eigenvalue weighted by molar-refractivity contribution is 9.10. The fraction of sp³-hybridized carbons (Fsp3) is 0.400. The van der Waals surface area contributed by atoms with E-state index in [1.54, 1.807) is 12.1 Å². The molecule has 84 valence electrons. The molecular weight excluding hydrogens is 301 g/mol. The molecule has 1 atom stereocenters. The van der Waals surface area contributed by atoms with E-state index in [1.807, 2.05) is 6.92 Å². The van der Waals surface area contributed by atoms with E-state index >= 15 is 0 Å². The summed E-state index contributed by atoms with van der Waals surface area (Å²) in [6.45, 7) is 2.36. The minimum Gasteiger partial charge on any atom is -0.391 e. The lowest BCUT2D eigenvalue weighted by atomic mass is 10.2. The Morgan fingerprint density at radius 1 is 1.40 bits per heavy atom. The number of aliphatic hydroxyl groups excluding tert-OH is 1. The quantitative estimate of drug-likeness (QED) is 0.882. The van der Waals surface area contributed by atoms with Crippen molar-refractivity contribution in [2.24, 2.45) is 0 Å². The second-order valence-electron chi connectivity index (χ2n) is 3.19. The molecule has 0 saturated heterocycles. The van der Waals surface area contributed by atoms with Gasteiger partial charge in [-0.2, -0.15) is 0 Å². The Bertz CT molecular complexity index is 323. The van der Waals surface area contributed by atoms with Crippen LogP contribution in [-0.4, -0.2) is 17.8 Å². The summed E-state index contributed by atoms with van der Waals surface area (Å²) in [6, 6.07) is 3.52. The molecule has 0 aliphatic carbocycles. The van der Waals surface area contributed by atoms with Crippen LogP contribution >= 0.6 is 39.1 Å². The lowest BCUT2D eigenvalue weighted by molar-refractivity contribution is 0.183. The van der Waals surface area contributed by atoms with Crippen molar-refractivity contribution in [2.75, 3.05) is 11.9 Å². The van der Waals surface area contributed by atoms with E-state index in [-0.39, 0.29) is 6.10 Å². The molecule has 0 spiro atoms. The average molecular weight is 313 g/mol. The number of hydrogen-bond donors (Lipinski definition) is 2. The van der Waals surface area contributed by atoms with E-state index in [9.17, 15) is 5.11 Å². The van der Waals surface area contributed by atoms with Gasteiger partial charge in [-0.1, -0.05) is 46.1 Å². The van der Waals surface area contributed by atoms with Crippen LogP contribution in [0.2, 0.25) is 10.0 Å². The SMILES string of the molecule is CCC(O)CNc1c(Cl)cc(Br)cc1Cl. The number of halogens is 3. The van der Waals surface area contributed by atoms with Gasteiger partial charge in [0.1, 0.15) is 0 Å². The van der Waals surface area contributed by atoms with E-state index in [0.717, 1.165) is 4.47 Å². The monoisotopic (exact) mass is 311 g/mol. The van der Waals surface area contributed by atoms with Gasteiger partial charge in [0.2, 0.25) is 0 Å². The fourth-order valence-corrected chi connectivity index (χ4v) is 2.42. The number of aliphatic hydroxyl groups is 1. The van der Waals surface area contributed by atoms with Gasteiger partial charge in [0.15, 0.2) is 0 Å². The Morgan fingerprint density at radius 3 is 2.40 bits per heavy atom. The Kier molecular flexibility index (Phi) is 5.19. The maximum atomic E-state index is 9.40. The van der Waals surface area contributed by atoms with Crippen molar-refractivity contribution >= 4 is 44.8 Å². The highest BCUT2D eigenvalue weighted by Gasteiger charge is 2.08. The Morgan fingerprint density at radius 2 is 1.93 bits per heavy atom. The van der Waals surface area contributed by atoms with Gasteiger partial charge in [-0.15, -0.1) is 0 Å². The van der Waals surface area contributed by atoms with Crippen molar-refractivity contribution in [3.05, 3.63) is 26.7 Å². The second kappa shape index (κ2) is 5.94. The summed E-state index contributed by atoms with van der Waals surface area (Å²) in [6.07, 6.45) is 0.305. The normalized spacial score (nSPS) is 12.6. The zero-order valence-corrected chi connectivity index (χ0v) is 11.3. The number of anilines is 1. The van der Waals surface area contributed by atoms with Crippen LogP contribution in [0.5, 0.6) is 0 Å². The van der Waals surface area contributed by atoms with E-state index in [1.165, 1.54) is 0 Å². The average Bonchev–Trinajstić information content (AvgIpc) is 2.15. The Hall–Kier alpha value is 0.0400. The van der Waals surface area contributed by atoms with E-state index < -0.39 is 0 Å². The third kappa shape index (κ3) is 3.83. The number of benzene rings is 1. The summed E-state index contributed by atoms with van der Waals surface area (Å²) in [5.41, 5.74) is 0.661. The Labute approximate surface area is 108 Å². The summed E-state index contributed by atoms with van der Waals surface area (Å²) in [5.74, 6) is 0. The first kappa shape index (κ1) is 13.1. The molecule has 0 fully saturated rings. The summed E-state index contributed by atoms with van der Waals surface area (Å²) in [4.78, 5) is 0. The highest BCUT2D eigenvalue weighted by atomic mass is 79.9. The van der Waals surface area contributed by atoms with Crippen LogP contribution in [0, 0.1) is 0 Å². The molecule has 0 aliphatic rings. The van der Waals surface area contributed by atoms with E-state index in [2.05, 4.69) is 21.2 Å². The lowest BCUT2D eigenvalue weighted by Crippen LogP contribution is -2.18. The molecule has 0 radical (unpaired) electrons. The van der Waals surface area contributed by atoms with Crippen LogP contribution in [0.15, 0.2) is 16.6 Å². The van der Waals surface area contributed by atoms with Gasteiger partial charge >= 0.3 is 0 Å². The first-order chi connectivity index (χ1) is 7.04. The minimum atomic E-state index is -0.388. The molecule has 5 heteroatoms. The summed E-state index contributed by atoms with van der Waals surface area (Å²) < 4.78 is 0.832. The topological polar surface area (TPSA) is 32.3 Å². The van der Waals surface area contributed by atoms with Crippen LogP contribution in [0.4, 0.5) is 5.69 Å². The predicted molar refractivity (Wildman–Crippen MR) is 68.9 cm³/mol. The minimum absolute atomic E-state index is 0.388. The van der Waals surface area contributed by atoms with Gasteiger partial charge in [0, 0.05) is 11.0 Å². The molecular formula is C10H12BrCl2NO. The van der Waals surface area contributed by atoms with Gasteiger partial charge in [0.25, 0.3) is 0 Å².